The van der Waals surface area contributed by atoms with Gasteiger partial charge in [0.15, 0.2) is 0 Å². The van der Waals surface area contributed by atoms with Gasteiger partial charge in [-0.15, -0.1) is 0 Å². The molecule has 1 fully saturated rings. The van der Waals surface area contributed by atoms with Crippen molar-refractivity contribution in [1.29, 1.82) is 0 Å². The summed E-state index contributed by atoms with van der Waals surface area (Å²) in [5.74, 6) is 1.36. The molecule has 0 spiro atoms. The summed E-state index contributed by atoms with van der Waals surface area (Å²) >= 11 is 0. The number of ether oxygens (including phenoxy) is 1. The number of rotatable bonds is 7. The molecule has 3 N–H and O–H groups in total. The monoisotopic (exact) mass is 281 g/mol. The molecular weight excluding hydrogens is 258 g/mol. The number of aryl methyl sites for hydroxylation is 1. The normalized spacial score (nSPS) is 16.1. The van der Waals surface area contributed by atoms with Crippen LogP contribution in [0.25, 0.3) is 0 Å². The maximum atomic E-state index is 8.81. The standard InChI is InChI=1S/C13H23N5O2/c1-11-10-12(14-3-7-19)17-13(16-11)15-2-4-18-5-8-20-9-6-18/h10,19H,2-9H2,1H3,(H2,14,15,16,17). The van der Waals surface area contributed by atoms with Gasteiger partial charge in [-0.1, -0.05) is 0 Å². The topological polar surface area (TPSA) is 82.5 Å². The fraction of sp³-hybridized carbons (Fsp3) is 0.692. The van der Waals surface area contributed by atoms with Crippen LogP contribution in [-0.2, 0) is 4.74 Å². The van der Waals surface area contributed by atoms with Gasteiger partial charge in [0.05, 0.1) is 19.8 Å². The summed E-state index contributed by atoms with van der Waals surface area (Å²) in [6.07, 6.45) is 0. The largest absolute Gasteiger partial charge is 0.395 e. The van der Waals surface area contributed by atoms with Gasteiger partial charge in [0.25, 0.3) is 0 Å². The van der Waals surface area contributed by atoms with E-state index in [-0.39, 0.29) is 6.61 Å². The first-order valence-corrected chi connectivity index (χ1v) is 7.02. The fourth-order valence-corrected chi connectivity index (χ4v) is 2.07. The van der Waals surface area contributed by atoms with Crippen molar-refractivity contribution >= 4 is 11.8 Å². The van der Waals surface area contributed by atoms with Crippen molar-refractivity contribution < 1.29 is 9.84 Å². The number of aromatic nitrogens is 2. The van der Waals surface area contributed by atoms with E-state index in [4.69, 9.17) is 9.84 Å². The van der Waals surface area contributed by atoms with Crippen LogP contribution in [0.2, 0.25) is 0 Å². The third-order valence-corrected chi connectivity index (χ3v) is 3.09. The minimum atomic E-state index is 0.0862. The summed E-state index contributed by atoms with van der Waals surface area (Å²) < 4.78 is 5.32. The molecule has 20 heavy (non-hydrogen) atoms. The first-order chi connectivity index (χ1) is 9.78. The van der Waals surface area contributed by atoms with Crippen molar-refractivity contribution in [3.8, 4) is 0 Å². The van der Waals surface area contributed by atoms with Crippen LogP contribution in [0.15, 0.2) is 6.07 Å². The van der Waals surface area contributed by atoms with E-state index in [2.05, 4.69) is 25.5 Å². The van der Waals surface area contributed by atoms with Crippen LogP contribution >= 0.6 is 0 Å². The Morgan fingerprint density at radius 3 is 2.80 bits per heavy atom. The molecule has 7 heteroatoms. The number of aliphatic hydroxyl groups is 1. The van der Waals surface area contributed by atoms with Gasteiger partial charge >= 0.3 is 0 Å². The Labute approximate surface area is 119 Å². The van der Waals surface area contributed by atoms with Gasteiger partial charge in [-0.05, 0) is 6.92 Å². The van der Waals surface area contributed by atoms with Gasteiger partial charge in [-0.3, -0.25) is 4.90 Å². The van der Waals surface area contributed by atoms with Gasteiger partial charge < -0.3 is 20.5 Å². The second kappa shape index (κ2) is 7.98. The second-order valence-electron chi connectivity index (χ2n) is 4.75. The molecule has 1 aliphatic heterocycles. The zero-order valence-electron chi connectivity index (χ0n) is 11.9. The van der Waals surface area contributed by atoms with Crippen LogP contribution in [0, 0.1) is 6.92 Å². The van der Waals surface area contributed by atoms with Gasteiger partial charge in [-0.2, -0.15) is 4.98 Å². The molecule has 2 heterocycles. The molecular formula is C13H23N5O2. The fourth-order valence-electron chi connectivity index (χ4n) is 2.07. The van der Waals surface area contributed by atoms with Crippen LogP contribution < -0.4 is 10.6 Å². The molecule has 0 bridgehead atoms. The number of nitrogens with zero attached hydrogens (tertiary/aromatic N) is 3. The quantitative estimate of drug-likeness (QED) is 0.645. The Hall–Kier alpha value is -1.44. The summed E-state index contributed by atoms with van der Waals surface area (Å²) in [7, 11) is 0. The van der Waals surface area contributed by atoms with E-state index in [1.54, 1.807) is 0 Å². The Morgan fingerprint density at radius 2 is 2.05 bits per heavy atom. The van der Waals surface area contributed by atoms with E-state index < -0.39 is 0 Å². The molecule has 1 aromatic rings. The zero-order chi connectivity index (χ0) is 14.2. The smallest absolute Gasteiger partial charge is 0.224 e. The molecule has 0 radical (unpaired) electrons. The van der Waals surface area contributed by atoms with Crippen LogP contribution in [0.1, 0.15) is 5.69 Å². The van der Waals surface area contributed by atoms with Crippen LogP contribution in [-0.4, -0.2) is 72.5 Å². The maximum absolute atomic E-state index is 8.81. The summed E-state index contributed by atoms with van der Waals surface area (Å²) in [4.78, 5) is 11.1. The SMILES string of the molecule is Cc1cc(NCCO)nc(NCCN2CCOCC2)n1. The molecule has 1 aromatic heterocycles. The summed E-state index contributed by atoms with van der Waals surface area (Å²) in [5, 5.41) is 15.1. The second-order valence-corrected chi connectivity index (χ2v) is 4.75. The third-order valence-electron chi connectivity index (χ3n) is 3.09. The molecule has 0 atom stereocenters. The molecule has 0 aromatic carbocycles. The lowest BCUT2D eigenvalue weighted by molar-refractivity contribution is 0.0398. The van der Waals surface area contributed by atoms with Crippen LogP contribution in [0.4, 0.5) is 11.8 Å². The average molecular weight is 281 g/mol. The highest BCUT2D eigenvalue weighted by atomic mass is 16.5. The molecule has 1 saturated heterocycles. The first-order valence-electron chi connectivity index (χ1n) is 7.02. The zero-order valence-corrected chi connectivity index (χ0v) is 11.9. The van der Waals surface area contributed by atoms with E-state index >= 15 is 0 Å². The van der Waals surface area contributed by atoms with Crippen molar-refractivity contribution in [1.82, 2.24) is 14.9 Å². The van der Waals surface area contributed by atoms with E-state index in [9.17, 15) is 0 Å². The Bertz CT molecular complexity index is 410. The van der Waals surface area contributed by atoms with E-state index in [1.807, 2.05) is 13.0 Å². The van der Waals surface area contributed by atoms with Gasteiger partial charge in [-0.25, -0.2) is 4.98 Å². The minimum absolute atomic E-state index is 0.0862. The molecule has 0 saturated carbocycles. The van der Waals surface area contributed by atoms with Crippen LogP contribution in [0.3, 0.4) is 0 Å². The molecule has 0 aliphatic carbocycles. The van der Waals surface area contributed by atoms with Crippen molar-refractivity contribution in [3.05, 3.63) is 11.8 Å². The molecule has 112 valence electrons. The number of nitrogens with one attached hydrogen (secondary N) is 2. The highest BCUT2D eigenvalue weighted by Crippen LogP contribution is 2.09. The highest BCUT2D eigenvalue weighted by molar-refractivity contribution is 5.42. The predicted octanol–water partition coefficient (Wildman–Crippen LogP) is -0.0667. The van der Waals surface area contributed by atoms with E-state index in [0.29, 0.717) is 12.5 Å². The Morgan fingerprint density at radius 1 is 1.25 bits per heavy atom. The minimum Gasteiger partial charge on any atom is -0.395 e. The molecule has 1 aliphatic rings. The average Bonchev–Trinajstić information content (AvgIpc) is 2.46. The van der Waals surface area contributed by atoms with E-state index in [1.165, 1.54) is 0 Å². The summed E-state index contributed by atoms with van der Waals surface area (Å²) in [5.41, 5.74) is 0.898. The van der Waals surface area contributed by atoms with Gasteiger partial charge in [0.1, 0.15) is 5.82 Å². The highest BCUT2D eigenvalue weighted by Gasteiger charge is 2.09. The third kappa shape index (κ3) is 4.92. The lowest BCUT2D eigenvalue weighted by Crippen LogP contribution is -2.39. The number of aliphatic hydroxyl groups excluding tert-OH is 1. The lowest BCUT2D eigenvalue weighted by Gasteiger charge is -2.26. The Kier molecular flexibility index (Phi) is 5.97. The van der Waals surface area contributed by atoms with E-state index in [0.717, 1.165) is 50.9 Å². The van der Waals surface area contributed by atoms with Crippen molar-refractivity contribution in [2.75, 3.05) is 63.2 Å². The van der Waals surface area contributed by atoms with Gasteiger partial charge in [0, 0.05) is 44.5 Å². The molecule has 0 amide bonds. The van der Waals surface area contributed by atoms with Crippen molar-refractivity contribution in [2.24, 2.45) is 0 Å². The molecule has 7 nitrogen and oxygen atoms in total. The number of hydrogen-bond donors (Lipinski definition) is 3. The maximum Gasteiger partial charge on any atom is 0.224 e. The number of hydrogen-bond acceptors (Lipinski definition) is 7. The first kappa shape index (κ1) is 15.0. The Balaban J connectivity index is 1.80. The summed E-state index contributed by atoms with van der Waals surface area (Å²) in [6, 6.07) is 1.86. The van der Waals surface area contributed by atoms with Gasteiger partial charge in [0.2, 0.25) is 5.95 Å². The summed E-state index contributed by atoms with van der Waals surface area (Å²) in [6.45, 7) is 7.88. The van der Waals surface area contributed by atoms with Crippen LogP contribution in [0.5, 0.6) is 0 Å². The lowest BCUT2D eigenvalue weighted by atomic mass is 10.4. The number of morpholine rings is 1. The van der Waals surface area contributed by atoms with Crippen molar-refractivity contribution in [2.45, 2.75) is 6.92 Å². The number of anilines is 2. The van der Waals surface area contributed by atoms with Crippen molar-refractivity contribution in [3.63, 3.8) is 0 Å². The molecule has 0 unspecified atom stereocenters. The molecule has 2 rings (SSSR count). The predicted molar refractivity (Wildman–Crippen MR) is 78.1 cm³/mol.